The van der Waals surface area contributed by atoms with Crippen molar-refractivity contribution in [1.82, 2.24) is 0 Å². The maximum absolute atomic E-state index is 6.30. The molecule has 1 aromatic rings. The molecule has 0 aliphatic carbocycles. The Bertz CT molecular complexity index is 378. The molecule has 0 fully saturated rings. The van der Waals surface area contributed by atoms with Crippen LogP contribution in [0.5, 0.6) is 5.75 Å². The normalized spacial score (nSPS) is 11.9. The fourth-order valence-corrected chi connectivity index (χ4v) is 2.12. The second-order valence-electron chi connectivity index (χ2n) is 4.24. The fourth-order valence-electron chi connectivity index (χ4n) is 1.80. The van der Waals surface area contributed by atoms with Crippen LogP contribution in [0.4, 0.5) is 0 Å². The lowest BCUT2D eigenvalue weighted by Crippen LogP contribution is -2.18. The SMILES string of the molecule is CCOc1c(C)cc(CC(C)N)c(C)c1Cl.Cl. The number of benzene rings is 1. The minimum atomic E-state index is 0. The van der Waals surface area contributed by atoms with Crippen LogP contribution < -0.4 is 10.5 Å². The molecule has 1 aromatic carbocycles. The highest BCUT2D eigenvalue weighted by Crippen LogP contribution is 2.34. The first kappa shape index (κ1) is 16.6. The van der Waals surface area contributed by atoms with E-state index in [9.17, 15) is 0 Å². The molecule has 1 unspecified atom stereocenters. The third-order valence-electron chi connectivity index (χ3n) is 2.59. The number of nitrogens with two attached hydrogens (primary N) is 1. The van der Waals surface area contributed by atoms with Crippen LogP contribution in [-0.2, 0) is 6.42 Å². The first-order chi connectivity index (χ1) is 7.47. The monoisotopic (exact) mass is 277 g/mol. The van der Waals surface area contributed by atoms with Crippen molar-refractivity contribution in [1.29, 1.82) is 0 Å². The molecule has 2 nitrogen and oxygen atoms in total. The van der Waals surface area contributed by atoms with Crippen molar-refractivity contribution in [2.24, 2.45) is 5.73 Å². The molecule has 0 heterocycles. The molecule has 98 valence electrons. The Morgan fingerprint density at radius 2 is 2.00 bits per heavy atom. The Morgan fingerprint density at radius 1 is 1.41 bits per heavy atom. The Kier molecular flexibility index (Phi) is 6.91. The van der Waals surface area contributed by atoms with Gasteiger partial charge in [0, 0.05) is 6.04 Å². The Hall–Kier alpha value is -0.440. The molecule has 1 atom stereocenters. The van der Waals surface area contributed by atoms with Gasteiger partial charge in [0.1, 0.15) is 5.75 Å². The van der Waals surface area contributed by atoms with E-state index >= 15 is 0 Å². The number of ether oxygens (including phenoxy) is 1. The van der Waals surface area contributed by atoms with Gasteiger partial charge in [0.25, 0.3) is 0 Å². The van der Waals surface area contributed by atoms with E-state index in [4.69, 9.17) is 22.1 Å². The van der Waals surface area contributed by atoms with Gasteiger partial charge in [0.15, 0.2) is 0 Å². The minimum Gasteiger partial charge on any atom is -0.492 e. The summed E-state index contributed by atoms with van der Waals surface area (Å²) >= 11 is 6.30. The van der Waals surface area contributed by atoms with E-state index in [1.165, 1.54) is 5.56 Å². The van der Waals surface area contributed by atoms with Crippen LogP contribution in [0.3, 0.4) is 0 Å². The summed E-state index contributed by atoms with van der Waals surface area (Å²) in [7, 11) is 0. The van der Waals surface area contributed by atoms with Crippen LogP contribution in [0, 0.1) is 13.8 Å². The third kappa shape index (κ3) is 4.06. The first-order valence-corrected chi connectivity index (χ1v) is 6.02. The van der Waals surface area contributed by atoms with Crippen LogP contribution in [0.2, 0.25) is 5.02 Å². The standard InChI is InChI=1S/C13H20ClNO.ClH/c1-5-16-13-8(2)6-11(7-9(3)15)10(4)12(13)14;/h6,9H,5,7,15H2,1-4H3;1H. The number of halogens is 2. The predicted molar refractivity (Wildman–Crippen MR) is 76.7 cm³/mol. The van der Waals surface area contributed by atoms with E-state index in [1.807, 2.05) is 27.7 Å². The molecule has 0 aliphatic rings. The van der Waals surface area contributed by atoms with Gasteiger partial charge in [0.2, 0.25) is 0 Å². The van der Waals surface area contributed by atoms with Gasteiger partial charge in [0.05, 0.1) is 11.6 Å². The second kappa shape index (κ2) is 7.10. The van der Waals surface area contributed by atoms with Crippen molar-refractivity contribution < 1.29 is 4.74 Å². The highest BCUT2D eigenvalue weighted by atomic mass is 35.5. The number of hydrogen-bond acceptors (Lipinski definition) is 2. The number of hydrogen-bond donors (Lipinski definition) is 1. The molecule has 1 rings (SSSR count). The predicted octanol–water partition coefficient (Wildman–Crippen LogP) is 3.67. The highest BCUT2D eigenvalue weighted by molar-refractivity contribution is 6.33. The van der Waals surface area contributed by atoms with E-state index in [2.05, 4.69) is 6.07 Å². The smallest absolute Gasteiger partial charge is 0.141 e. The molecule has 0 radical (unpaired) electrons. The summed E-state index contributed by atoms with van der Waals surface area (Å²) in [4.78, 5) is 0. The summed E-state index contributed by atoms with van der Waals surface area (Å²) in [5.74, 6) is 0.801. The van der Waals surface area contributed by atoms with Gasteiger partial charge >= 0.3 is 0 Å². The van der Waals surface area contributed by atoms with E-state index in [1.54, 1.807) is 0 Å². The summed E-state index contributed by atoms with van der Waals surface area (Å²) in [6, 6.07) is 2.27. The third-order valence-corrected chi connectivity index (χ3v) is 3.04. The molecular weight excluding hydrogens is 257 g/mol. The molecular formula is C13H21Cl2NO. The number of aryl methyl sites for hydroxylation is 1. The van der Waals surface area contributed by atoms with Gasteiger partial charge in [-0.05, 0) is 50.8 Å². The van der Waals surface area contributed by atoms with Crippen molar-refractivity contribution in [3.63, 3.8) is 0 Å². The largest absolute Gasteiger partial charge is 0.492 e. The number of rotatable bonds is 4. The van der Waals surface area contributed by atoms with E-state index in [-0.39, 0.29) is 18.4 Å². The molecule has 17 heavy (non-hydrogen) atoms. The highest BCUT2D eigenvalue weighted by Gasteiger charge is 2.13. The Balaban J connectivity index is 0.00000256. The molecule has 4 heteroatoms. The lowest BCUT2D eigenvalue weighted by Gasteiger charge is -2.16. The summed E-state index contributed by atoms with van der Waals surface area (Å²) < 4.78 is 5.55. The van der Waals surface area contributed by atoms with Crippen LogP contribution in [0.25, 0.3) is 0 Å². The summed E-state index contributed by atoms with van der Waals surface area (Å²) in [5.41, 5.74) is 9.18. The summed E-state index contributed by atoms with van der Waals surface area (Å²) in [5, 5.41) is 0.720. The first-order valence-electron chi connectivity index (χ1n) is 5.64. The molecule has 0 aromatic heterocycles. The average molecular weight is 278 g/mol. The quantitative estimate of drug-likeness (QED) is 0.912. The fraction of sp³-hybridized carbons (Fsp3) is 0.538. The van der Waals surface area contributed by atoms with Crippen molar-refractivity contribution >= 4 is 24.0 Å². The van der Waals surface area contributed by atoms with Gasteiger partial charge in [-0.2, -0.15) is 0 Å². The van der Waals surface area contributed by atoms with Crippen LogP contribution in [-0.4, -0.2) is 12.6 Å². The molecule has 2 N–H and O–H groups in total. The van der Waals surface area contributed by atoms with E-state index < -0.39 is 0 Å². The zero-order chi connectivity index (χ0) is 12.3. The van der Waals surface area contributed by atoms with Gasteiger partial charge in [-0.15, -0.1) is 12.4 Å². The van der Waals surface area contributed by atoms with E-state index in [0.29, 0.717) is 6.61 Å². The van der Waals surface area contributed by atoms with Gasteiger partial charge < -0.3 is 10.5 Å². The second-order valence-corrected chi connectivity index (χ2v) is 4.61. The van der Waals surface area contributed by atoms with Crippen LogP contribution in [0.15, 0.2) is 6.07 Å². The average Bonchev–Trinajstić information content (AvgIpc) is 2.20. The van der Waals surface area contributed by atoms with E-state index in [0.717, 1.165) is 28.3 Å². The molecule has 0 saturated heterocycles. The zero-order valence-corrected chi connectivity index (χ0v) is 12.4. The minimum absolute atomic E-state index is 0. The lowest BCUT2D eigenvalue weighted by molar-refractivity contribution is 0.337. The lowest BCUT2D eigenvalue weighted by atomic mass is 9.99. The summed E-state index contributed by atoms with van der Waals surface area (Å²) in [6.45, 7) is 8.62. The maximum Gasteiger partial charge on any atom is 0.141 e. The van der Waals surface area contributed by atoms with Crippen molar-refractivity contribution in [3.05, 3.63) is 27.8 Å². The van der Waals surface area contributed by atoms with Gasteiger partial charge in [-0.3, -0.25) is 0 Å². The summed E-state index contributed by atoms with van der Waals surface area (Å²) in [6.07, 6.45) is 0.846. The van der Waals surface area contributed by atoms with Crippen molar-refractivity contribution in [2.45, 2.75) is 40.2 Å². The van der Waals surface area contributed by atoms with Crippen molar-refractivity contribution in [2.75, 3.05) is 6.61 Å². The van der Waals surface area contributed by atoms with Gasteiger partial charge in [-0.25, -0.2) is 0 Å². The van der Waals surface area contributed by atoms with Crippen LogP contribution in [0.1, 0.15) is 30.5 Å². The molecule has 0 amide bonds. The molecule has 0 saturated carbocycles. The van der Waals surface area contributed by atoms with Crippen LogP contribution >= 0.6 is 24.0 Å². The molecule has 0 aliphatic heterocycles. The van der Waals surface area contributed by atoms with Crippen molar-refractivity contribution in [3.8, 4) is 5.75 Å². The Labute approximate surface area is 115 Å². The molecule has 0 spiro atoms. The maximum atomic E-state index is 6.30. The Morgan fingerprint density at radius 3 is 2.47 bits per heavy atom. The van der Waals surface area contributed by atoms with Gasteiger partial charge in [-0.1, -0.05) is 17.7 Å². The topological polar surface area (TPSA) is 35.2 Å². The zero-order valence-electron chi connectivity index (χ0n) is 10.8. The molecule has 0 bridgehead atoms.